The Morgan fingerprint density at radius 3 is 2.38 bits per heavy atom. The maximum atomic E-state index is 10.2. The van der Waals surface area contributed by atoms with Crippen LogP contribution in [0.25, 0.3) is 0 Å². The van der Waals surface area contributed by atoms with E-state index in [0.29, 0.717) is 0 Å². The molecule has 0 saturated heterocycles. The zero-order valence-electron chi connectivity index (χ0n) is 4.81. The van der Waals surface area contributed by atoms with Crippen molar-refractivity contribution >= 4 is 5.97 Å². The van der Waals surface area contributed by atoms with E-state index < -0.39 is 5.72 Å². The van der Waals surface area contributed by atoms with Gasteiger partial charge in [0.1, 0.15) is 0 Å². The van der Waals surface area contributed by atoms with E-state index in [1.54, 1.807) is 0 Å². The third kappa shape index (κ3) is 1.20. The van der Waals surface area contributed by atoms with Crippen LogP contribution in [0.4, 0.5) is 0 Å². The molecular formula is C5H9NO2. The lowest BCUT2D eigenvalue weighted by atomic mass is 10.6. The minimum Gasteiger partial charge on any atom is -0.444 e. The van der Waals surface area contributed by atoms with Crippen LogP contribution in [0, 0.1) is 0 Å². The summed E-state index contributed by atoms with van der Waals surface area (Å²) in [7, 11) is 0. The van der Waals surface area contributed by atoms with Gasteiger partial charge in [-0.15, -0.1) is 0 Å². The van der Waals surface area contributed by atoms with Crippen molar-refractivity contribution in [2.75, 3.05) is 0 Å². The average molecular weight is 115 g/mol. The lowest BCUT2D eigenvalue weighted by Gasteiger charge is -2.06. The molecular weight excluding hydrogens is 106 g/mol. The number of rotatable bonds is 1. The molecule has 0 aliphatic heterocycles. The summed E-state index contributed by atoms with van der Waals surface area (Å²) < 4.78 is 4.69. The predicted molar refractivity (Wildman–Crippen MR) is 27.9 cm³/mol. The highest BCUT2D eigenvalue weighted by atomic mass is 16.6. The smallest absolute Gasteiger partial charge is 0.304 e. The number of hydrogen-bond donors (Lipinski definition) is 1. The highest BCUT2D eigenvalue weighted by molar-refractivity contribution is 5.66. The van der Waals surface area contributed by atoms with Crippen LogP contribution in [0.15, 0.2) is 0 Å². The summed E-state index contributed by atoms with van der Waals surface area (Å²) >= 11 is 0. The summed E-state index contributed by atoms with van der Waals surface area (Å²) in [6.45, 7) is 1.37. The van der Waals surface area contributed by atoms with Crippen LogP contribution in [-0.2, 0) is 9.53 Å². The maximum Gasteiger partial charge on any atom is 0.304 e. The Bertz CT molecular complexity index is 118. The lowest BCUT2D eigenvalue weighted by molar-refractivity contribution is -0.148. The first-order valence-corrected chi connectivity index (χ1v) is 2.61. The monoisotopic (exact) mass is 115 g/mol. The van der Waals surface area contributed by atoms with E-state index in [4.69, 9.17) is 5.73 Å². The number of esters is 1. The molecule has 2 N–H and O–H groups in total. The number of nitrogens with two attached hydrogens (primary N) is 1. The van der Waals surface area contributed by atoms with Gasteiger partial charge in [0.15, 0.2) is 5.72 Å². The molecule has 0 aromatic heterocycles. The first-order valence-electron chi connectivity index (χ1n) is 2.61. The van der Waals surface area contributed by atoms with Crippen LogP contribution in [0.3, 0.4) is 0 Å². The van der Waals surface area contributed by atoms with Gasteiger partial charge in [-0.25, -0.2) is 0 Å². The molecule has 0 radical (unpaired) electrons. The standard InChI is InChI=1S/C5H9NO2/c1-4(7)8-5(6)2-3-5/h2-3,6H2,1H3. The van der Waals surface area contributed by atoms with E-state index in [-0.39, 0.29) is 5.97 Å². The first-order chi connectivity index (χ1) is 3.62. The van der Waals surface area contributed by atoms with Crippen molar-refractivity contribution in [3.8, 4) is 0 Å². The van der Waals surface area contributed by atoms with Crippen LogP contribution >= 0.6 is 0 Å². The van der Waals surface area contributed by atoms with Gasteiger partial charge in [0.05, 0.1) is 0 Å². The fraction of sp³-hybridized carbons (Fsp3) is 0.800. The fourth-order valence-electron chi connectivity index (χ4n) is 0.512. The van der Waals surface area contributed by atoms with Crippen molar-refractivity contribution in [2.45, 2.75) is 25.5 Å². The Labute approximate surface area is 47.8 Å². The third-order valence-corrected chi connectivity index (χ3v) is 1.09. The summed E-state index contributed by atoms with van der Waals surface area (Å²) in [5, 5.41) is 0. The molecule has 0 heterocycles. The molecule has 46 valence electrons. The highest BCUT2D eigenvalue weighted by Crippen LogP contribution is 2.33. The molecule has 1 rings (SSSR count). The summed E-state index contributed by atoms with van der Waals surface area (Å²) in [5.74, 6) is -0.287. The summed E-state index contributed by atoms with van der Waals surface area (Å²) in [4.78, 5) is 10.2. The molecule has 0 aromatic carbocycles. The minimum atomic E-state index is -0.578. The van der Waals surface area contributed by atoms with Crippen LogP contribution in [-0.4, -0.2) is 11.7 Å². The van der Waals surface area contributed by atoms with E-state index in [1.165, 1.54) is 6.92 Å². The zero-order valence-corrected chi connectivity index (χ0v) is 4.81. The van der Waals surface area contributed by atoms with Crippen LogP contribution < -0.4 is 5.73 Å². The molecule has 0 unspecified atom stereocenters. The Morgan fingerprint density at radius 1 is 1.75 bits per heavy atom. The van der Waals surface area contributed by atoms with Gasteiger partial charge in [0, 0.05) is 19.8 Å². The molecule has 1 aliphatic carbocycles. The van der Waals surface area contributed by atoms with Gasteiger partial charge in [0.2, 0.25) is 0 Å². The SMILES string of the molecule is CC(=O)OC1(N)CC1. The van der Waals surface area contributed by atoms with Crippen molar-refractivity contribution in [1.82, 2.24) is 0 Å². The second kappa shape index (κ2) is 1.45. The van der Waals surface area contributed by atoms with E-state index in [1.807, 2.05) is 0 Å². The quantitative estimate of drug-likeness (QED) is 0.386. The van der Waals surface area contributed by atoms with Crippen molar-refractivity contribution in [3.05, 3.63) is 0 Å². The van der Waals surface area contributed by atoms with Gasteiger partial charge in [-0.05, 0) is 0 Å². The largest absolute Gasteiger partial charge is 0.444 e. The number of carbonyl (C=O) groups is 1. The molecule has 3 heteroatoms. The van der Waals surface area contributed by atoms with Gasteiger partial charge >= 0.3 is 5.97 Å². The molecule has 0 aromatic rings. The van der Waals surface area contributed by atoms with Gasteiger partial charge in [0.25, 0.3) is 0 Å². The molecule has 3 nitrogen and oxygen atoms in total. The van der Waals surface area contributed by atoms with Crippen molar-refractivity contribution in [2.24, 2.45) is 5.73 Å². The lowest BCUT2D eigenvalue weighted by Crippen LogP contribution is -2.27. The number of ether oxygens (including phenoxy) is 1. The number of hydrogen-bond acceptors (Lipinski definition) is 3. The van der Waals surface area contributed by atoms with Crippen molar-refractivity contribution in [1.29, 1.82) is 0 Å². The molecule has 0 spiro atoms. The van der Waals surface area contributed by atoms with Crippen LogP contribution in [0.1, 0.15) is 19.8 Å². The second-order valence-corrected chi connectivity index (χ2v) is 2.16. The average Bonchev–Trinajstić information content (AvgIpc) is 2.17. The molecule has 1 fully saturated rings. The Hall–Kier alpha value is -0.570. The molecule has 0 bridgehead atoms. The summed E-state index contributed by atoms with van der Waals surface area (Å²) in [5.41, 5.74) is 4.83. The van der Waals surface area contributed by atoms with Gasteiger partial charge in [-0.2, -0.15) is 0 Å². The highest BCUT2D eigenvalue weighted by Gasteiger charge is 2.41. The second-order valence-electron chi connectivity index (χ2n) is 2.16. The maximum absolute atomic E-state index is 10.2. The number of carbonyl (C=O) groups excluding carboxylic acids is 1. The minimum absolute atomic E-state index is 0.287. The zero-order chi connectivity index (χ0) is 6.20. The van der Waals surface area contributed by atoms with E-state index in [0.717, 1.165) is 12.8 Å². The summed E-state index contributed by atoms with van der Waals surface area (Å²) in [6.07, 6.45) is 1.62. The van der Waals surface area contributed by atoms with Gasteiger partial charge in [-0.3, -0.25) is 10.5 Å². The van der Waals surface area contributed by atoms with Crippen molar-refractivity contribution < 1.29 is 9.53 Å². The first kappa shape index (κ1) is 5.56. The van der Waals surface area contributed by atoms with Crippen LogP contribution in [0.2, 0.25) is 0 Å². The molecule has 0 amide bonds. The Morgan fingerprint density at radius 2 is 2.25 bits per heavy atom. The van der Waals surface area contributed by atoms with Gasteiger partial charge < -0.3 is 4.74 Å². The molecule has 1 aliphatic rings. The topological polar surface area (TPSA) is 52.3 Å². The van der Waals surface area contributed by atoms with Crippen molar-refractivity contribution in [3.63, 3.8) is 0 Å². The summed E-state index contributed by atoms with van der Waals surface area (Å²) in [6, 6.07) is 0. The van der Waals surface area contributed by atoms with E-state index in [9.17, 15) is 4.79 Å². The Balaban J connectivity index is 2.29. The normalized spacial score (nSPS) is 22.2. The molecule has 1 saturated carbocycles. The Kier molecular flexibility index (Phi) is 1.01. The molecule has 0 atom stereocenters. The fourth-order valence-corrected chi connectivity index (χ4v) is 0.512. The van der Waals surface area contributed by atoms with Gasteiger partial charge in [-0.1, -0.05) is 0 Å². The van der Waals surface area contributed by atoms with E-state index >= 15 is 0 Å². The predicted octanol–water partition coefficient (Wildman–Crippen LogP) is -0.00170. The molecule has 8 heavy (non-hydrogen) atoms. The third-order valence-electron chi connectivity index (χ3n) is 1.09. The van der Waals surface area contributed by atoms with Crippen LogP contribution in [0.5, 0.6) is 0 Å². The van der Waals surface area contributed by atoms with E-state index in [2.05, 4.69) is 4.74 Å².